The number of piperazine rings is 1. The second-order valence-corrected chi connectivity index (χ2v) is 8.80. The number of hydrogen-bond acceptors (Lipinski definition) is 8. The number of hydrogen-bond donors (Lipinski definition) is 2. The first-order valence-corrected chi connectivity index (χ1v) is 12.2. The van der Waals surface area contributed by atoms with Crippen molar-refractivity contribution in [3.63, 3.8) is 0 Å². The molecule has 4 rings (SSSR count). The molecule has 0 saturated carbocycles. The largest absolute Gasteiger partial charge is 0.450 e. The van der Waals surface area contributed by atoms with Crippen molar-refractivity contribution in [2.24, 2.45) is 0 Å². The smallest absolute Gasteiger partial charge is 0.409 e. The van der Waals surface area contributed by atoms with Gasteiger partial charge < -0.3 is 19.5 Å². The Morgan fingerprint density at radius 2 is 1.75 bits per heavy atom. The number of amides is 2. The molecule has 12 nitrogen and oxygen atoms in total. The summed E-state index contributed by atoms with van der Waals surface area (Å²) < 4.78 is 20.2. The first kappa shape index (κ1) is 25.2. The minimum atomic E-state index is -0.645. The van der Waals surface area contributed by atoms with E-state index in [1.165, 1.54) is 18.2 Å². The number of H-pyrrole nitrogens is 2. The molecule has 1 aliphatic heterocycles. The molecule has 0 atom stereocenters. The van der Waals surface area contributed by atoms with E-state index in [2.05, 4.69) is 20.2 Å². The monoisotopic (exact) mass is 517 g/mol. The molecular formula is C22H24FN7O5S. The predicted octanol–water partition coefficient (Wildman–Crippen LogP) is 0.767. The van der Waals surface area contributed by atoms with E-state index in [9.17, 15) is 23.6 Å². The first-order chi connectivity index (χ1) is 17.3. The molecule has 0 spiro atoms. The molecule has 14 heteroatoms. The summed E-state index contributed by atoms with van der Waals surface area (Å²) in [6, 6.07) is 6.91. The number of nitrogens with one attached hydrogen (secondary N) is 2. The number of nitrogens with zero attached hydrogens (tertiary/aromatic N) is 5. The average molecular weight is 518 g/mol. The van der Waals surface area contributed by atoms with Gasteiger partial charge in [-0.25, -0.2) is 14.0 Å². The van der Waals surface area contributed by atoms with Crippen molar-refractivity contribution in [2.45, 2.75) is 18.5 Å². The first-order valence-electron chi connectivity index (χ1n) is 11.2. The Labute approximate surface area is 208 Å². The number of aromatic nitrogens is 5. The van der Waals surface area contributed by atoms with E-state index in [4.69, 9.17) is 4.74 Å². The van der Waals surface area contributed by atoms with Gasteiger partial charge in [-0.05, 0) is 31.2 Å². The molecular weight excluding hydrogens is 493 g/mol. The molecule has 1 saturated heterocycles. The second-order valence-electron chi connectivity index (χ2n) is 7.86. The maximum Gasteiger partial charge on any atom is 0.409 e. The molecule has 0 aliphatic carbocycles. The SMILES string of the molecule is CCOC(=O)N1CCN(C(=O)CSc2nnc(Cc3cc(=O)[nH]c(=O)[nH]3)n2-c2ccc(F)cc2)CC1. The summed E-state index contributed by atoms with van der Waals surface area (Å²) in [7, 11) is 0. The van der Waals surface area contributed by atoms with Crippen LogP contribution in [0.3, 0.4) is 0 Å². The molecule has 190 valence electrons. The molecule has 1 aliphatic rings. The highest BCUT2D eigenvalue weighted by atomic mass is 32.2. The normalized spacial score (nSPS) is 13.6. The van der Waals surface area contributed by atoms with Gasteiger partial charge in [0.1, 0.15) is 11.6 Å². The van der Waals surface area contributed by atoms with E-state index in [1.54, 1.807) is 33.4 Å². The predicted molar refractivity (Wildman–Crippen MR) is 128 cm³/mol. The van der Waals surface area contributed by atoms with Gasteiger partial charge in [0, 0.05) is 50.0 Å². The minimum Gasteiger partial charge on any atom is -0.450 e. The van der Waals surface area contributed by atoms with Crippen LogP contribution in [-0.4, -0.2) is 85.1 Å². The van der Waals surface area contributed by atoms with Crippen LogP contribution in [0.1, 0.15) is 18.4 Å². The number of halogens is 1. The third-order valence-corrected chi connectivity index (χ3v) is 6.35. The number of rotatable bonds is 7. The lowest BCUT2D eigenvalue weighted by atomic mass is 10.2. The molecule has 2 amide bonds. The van der Waals surface area contributed by atoms with Crippen molar-refractivity contribution < 1.29 is 18.7 Å². The summed E-state index contributed by atoms with van der Waals surface area (Å²) in [6.45, 7) is 3.60. The molecule has 1 fully saturated rings. The highest BCUT2D eigenvalue weighted by Crippen LogP contribution is 2.24. The van der Waals surface area contributed by atoms with Gasteiger partial charge in [-0.1, -0.05) is 11.8 Å². The zero-order valence-electron chi connectivity index (χ0n) is 19.4. The van der Waals surface area contributed by atoms with Crippen LogP contribution >= 0.6 is 11.8 Å². The van der Waals surface area contributed by atoms with Gasteiger partial charge in [0.2, 0.25) is 5.91 Å². The van der Waals surface area contributed by atoms with Crippen molar-refractivity contribution in [1.29, 1.82) is 0 Å². The van der Waals surface area contributed by atoms with Gasteiger partial charge in [-0.2, -0.15) is 0 Å². The fourth-order valence-corrected chi connectivity index (χ4v) is 4.59. The Bertz CT molecular complexity index is 1320. The van der Waals surface area contributed by atoms with Crippen molar-refractivity contribution in [3.8, 4) is 5.69 Å². The van der Waals surface area contributed by atoms with E-state index in [-0.39, 0.29) is 24.2 Å². The Hall–Kier alpha value is -3.94. The van der Waals surface area contributed by atoms with Gasteiger partial charge in [0.05, 0.1) is 12.4 Å². The van der Waals surface area contributed by atoms with Crippen LogP contribution in [0, 0.1) is 5.82 Å². The number of carbonyl (C=O) groups is 2. The van der Waals surface area contributed by atoms with Crippen LogP contribution in [0.15, 0.2) is 45.1 Å². The quantitative estimate of drug-likeness (QED) is 0.437. The van der Waals surface area contributed by atoms with Gasteiger partial charge in [0.25, 0.3) is 5.56 Å². The summed E-state index contributed by atoms with van der Waals surface area (Å²) in [4.78, 5) is 55.9. The van der Waals surface area contributed by atoms with Crippen LogP contribution in [0.25, 0.3) is 5.69 Å². The summed E-state index contributed by atoms with van der Waals surface area (Å²) in [5.41, 5.74) is -0.313. The summed E-state index contributed by atoms with van der Waals surface area (Å²) in [6.07, 6.45) is -0.311. The van der Waals surface area contributed by atoms with E-state index in [0.29, 0.717) is 55.1 Å². The highest BCUT2D eigenvalue weighted by molar-refractivity contribution is 7.99. The van der Waals surface area contributed by atoms with E-state index >= 15 is 0 Å². The third kappa shape index (κ3) is 6.00. The Balaban J connectivity index is 1.49. The summed E-state index contributed by atoms with van der Waals surface area (Å²) >= 11 is 1.16. The van der Waals surface area contributed by atoms with Gasteiger partial charge in [-0.15, -0.1) is 10.2 Å². The van der Waals surface area contributed by atoms with Crippen LogP contribution in [0.2, 0.25) is 0 Å². The number of benzene rings is 1. The van der Waals surface area contributed by atoms with Crippen molar-refractivity contribution >= 4 is 23.8 Å². The lowest BCUT2D eigenvalue weighted by Gasteiger charge is -2.34. The topological polar surface area (TPSA) is 146 Å². The lowest BCUT2D eigenvalue weighted by Crippen LogP contribution is -2.51. The van der Waals surface area contributed by atoms with Crippen LogP contribution in [0.5, 0.6) is 0 Å². The third-order valence-electron chi connectivity index (χ3n) is 5.43. The molecule has 36 heavy (non-hydrogen) atoms. The average Bonchev–Trinajstić information content (AvgIpc) is 3.24. The van der Waals surface area contributed by atoms with Crippen molar-refractivity contribution in [1.82, 2.24) is 34.5 Å². The van der Waals surface area contributed by atoms with Crippen molar-refractivity contribution in [3.05, 3.63) is 68.5 Å². The van der Waals surface area contributed by atoms with Crippen LogP contribution in [-0.2, 0) is 16.0 Å². The van der Waals surface area contributed by atoms with Crippen molar-refractivity contribution in [2.75, 3.05) is 38.5 Å². The van der Waals surface area contributed by atoms with E-state index < -0.39 is 17.1 Å². The Morgan fingerprint density at radius 1 is 1.06 bits per heavy atom. The Morgan fingerprint density at radius 3 is 2.42 bits per heavy atom. The number of aromatic amines is 2. The molecule has 3 heterocycles. The van der Waals surface area contributed by atoms with E-state index in [0.717, 1.165) is 11.8 Å². The summed E-state index contributed by atoms with van der Waals surface area (Å²) in [5.74, 6) is -0.0854. The zero-order valence-corrected chi connectivity index (χ0v) is 20.2. The Kier molecular flexibility index (Phi) is 7.83. The molecule has 1 aromatic carbocycles. The van der Waals surface area contributed by atoms with Crippen LogP contribution < -0.4 is 11.2 Å². The second kappa shape index (κ2) is 11.2. The van der Waals surface area contributed by atoms with Gasteiger partial charge in [0.15, 0.2) is 5.16 Å². The number of ether oxygens (including phenoxy) is 1. The molecule has 2 aromatic heterocycles. The summed E-state index contributed by atoms with van der Waals surface area (Å²) in [5, 5.41) is 8.77. The van der Waals surface area contributed by atoms with E-state index in [1.807, 2.05) is 0 Å². The highest BCUT2D eigenvalue weighted by Gasteiger charge is 2.25. The fraction of sp³-hybridized carbons (Fsp3) is 0.364. The molecule has 0 bridgehead atoms. The van der Waals surface area contributed by atoms with Gasteiger partial charge >= 0.3 is 11.8 Å². The number of carbonyl (C=O) groups excluding carboxylic acids is 2. The maximum atomic E-state index is 13.5. The molecule has 0 radical (unpaired) electrons. The lowest BCUT2D eigenvalue weighted by molar-refractivity contribution is -0.129. The molecule has 3 aromatic rings. The zero-order chi connectivity index (χ0) is 25.7. The van der Waals surface area contributed by atoms with Crippen LogP contribution in [0.4, 0.5) is 9.18 Å². The standard InChI is InChI=1S/C22H24FN7O5S/c1-2-35-22(34)29-9-7-28(8-10-29)19(32)13-36-21-27-26-17(11-15-12-18(31)25-20(33)24-15)30(21)16-5-3-14(23)4-6-16/h3-6,12H,2,7-11,13H2,1H3,(H2,24,25,31,33). The number of thioether (sulfide) groups is 1. The minimum absolute atomic E-state index is 0.0700. The fourth-order valence-electron chi connectivity index (χ4n) is 3.71. The van der Waals surface area contributed by atoms with Gasteiger partial charge in [-0.3, -0.25) is 19.1 Å². The molecule has 0 unspecified atom stereocenters. The maximum absolute atomic E-state index is 13.5. The molecule has 2 N–H and O–H groups in total.